The Labute approximate surface area is 122 Å². The molecule has 0 aliphatic heterocycles. The molecule has 20 heavy (non-hydrogen) atoms. The Balaban J connectivity index is 2.28. The summed E-state index contributed by atoms with van der Waals surface area (Å²) in [7, 11) is 0. The van der Waals surface area contributed by atoms with Crippen molar-refractivity contribution < 1.29 is 0 Å². The van der Waals surface area contributed by atoms with Crippen LogP contribution in [-0.4, -0.2) is 0 Å². The Morgan fingerprint density at radius 1 is 0.850 bits per heavy atom. The van der Waals surface area contributed by atoms with Crippen LogP contribution in [0.1, 0.15) is 39.8 Å². The molecule has 0 amide bonds. The van der Waals surface area contributed by atoms with Gasteiger partial charge in [-0.15, -0.1) is 0 Å². The van der Waals surface area contributed by atoms with E-state index in [0.29, 0.717) is 0 Å². The van der Waals surface area contributed by atoms with Crippen molar-refractivity contribution in [2.75, 3.05) is 0 Å². The first kappa shape index (κ1) is 13.2. The third kappa shape index (κ3) is 2.00. The zero-order chi connectivity index (χ0) is 14.3. The van der Waals surface area contributed by atoms with Gasteiger partial charge in [-0.1, -0.05) is 36.4 Å². The number of benzene rings is 2. The molecule has 1 aliphatic carbocycles. The molecule has 0 atom stereocenters. The maximum absolute atomic E-state index is 2.37. The molecular weight excluding hydrogens is 240 g/mol. The quantitative estimate of drug-likeness (QED) is 0.632. The molecule has 0 saturated carbocycles. The molecule has 0 unspecified atom stereocenters. The van der Waals surface area contributed by atoms with Crippen LogP contribution in [0.3, 0.4) is 0 Å². The number of allylic oxidation sites excluding steroid dienone is 1. The fraction of sp³-hybridized carbons (Fsp3) is 0.300. The first-order valence-corrected chi connectivity index (χ1v) is 7.46. The van der Waals surface area contributed by atoms with Crippen molar-refractivity contribution in [3.8, 4) is 11.1 Å². The van der Waals surface area contributed by atoms with Crippen LogP contribution < -0.4 is 0 Å². The van der Waals surface area contributed by atoms with E-state index in [4.69, 9.17) is 0 Å². The topological polar surface area (TPSA) is 0 Å². The molecule has 0 saturated heterocycles. The molecule has 1 aliphatic rings. The van der Waals surface area contributed by atoms with E-state index in [9.17, 15) is 0 Å². The lowest BCUT2D eigenvalue weighted by Crippen LogP contribution is -2.03. The van der Waals surface area contributed by atoms with Gasteiger partial charge in [0.1, 0.15) is 0 Å². The fourth-order valence-corrected chi connectivity index (χ4v) is 3.31. The second-order valence-corrected chi connectivity index (χ2v) is 5.95. The lowest BCUT2D eigenvalue weighted by Gasteiger charge is -2.21. The van der Waals surface area contributed by atoms with Crippen molar-refractivity contribution in [1.29, 1.82) is 0 Å². The summed E-state index contributed by atoms with van der Waals surface area (Å²) in [4.78, 5) is 0. The molecule has 3 rings (SSSR count). The summed E-state index contributed by atoms with van der Waals surface area (Å²) >= 11 is 0. The van der Waals surface area contributed by atoms with Gasteiger partial charge >= 0.3 is 0 Å². The molecule has 0 spiro atoms. The number of fused-ring (bicyclic) bond motifs is 1. The molecule has 0 fully saturated rings. The van der Waals surface area contributed by atoms with Gasteiger partial charge in [0.05, 0.1) is 0 Å². The number of rotatable bonds is 1. The zero-order valence-corrected chi connectivity index (χ0v) is 12.9. The highest BCUT2D eigenvalue weighted by Crippen LogP contribution is 2.35. The van der Waals surface area contributed by atoms with Crippen LogP contribution in [-0.2, 0) is 6.42 Å². The van der Waals surface area contributed by atoms with E-state index < -0.39 is 0 Å². The van der Waals surface area contributed by atoms with Gasteiger partial charge in [0.25, 0.3) is 0 Å². The third-order valence-electron chi connectivity index (χ3n) is 4.71. The van der Waals surface area contributed by atoms with Crippen LogP contribution in [0.5, 0.6) is 0 Å². The summed E-state index contributed by atoms with van der Waals surface area (Å²) in [6.07, 6.45) is 6.95. The molecule has 0 nitrogen and oxygen atoms in total. The van der Waals surface area contributed by atoms with Crippen molar-refractivity contribution in [3.63, 3.8) is 0 Å². The molecule has 0 N–H and O–H groups in total. The maximum Gasteiger partial charge on any atom is -0.0146 e. The summed E-state index contributed by atoms with van der Waals surface area (Å²) in [5, 5.41) is 0. The van der Waals surface area contributed by atoms with Crippen LogP contribution in [0.2, 0.25) is 0 Å². The van der Waals surface area contributed by atoms with Crippen LogP contribution >= 0.6 is 0 Å². The summed E-state index contributed by atoms with van der Waals surface area (Å²) in [6, 6.07) is 8.99. The minimum Gasteiger partial charge on any atom is -0.0836 e. The first-order valence-electron chi connectivity index (χ1n) is 7.46. The monoisotopic (exact) mass is 262 g/mol. The smallest absolute Gasteiger partial charge is 0.0146 e. The van der Waals surface area contributed by atoms with E-state index in [-0.39, 0.29) is 0 Å². The Morgan fingerprint density at radius 2 is 1.65 bits per heavy atom. The highest BCUT2D eigenvalue weighted by molar-refractivity contribution is 5.77. The summed E-state index contributed by atoms with van der Waals surface area (Å²) < 4.78 is 0. The standard InChI is InChI=1S/C20H22/c1-13-8-7-11-18(15(13)3)20-12-14(2)17-9-5-6-10-19(17)16(20)4/h5,7-9,11-12H,6,10H2,1-4H3. The van der Waals surface area contributed by atoms with Crippen molar-refractivity contribution >= 4 is 6.08 Å². The van der Waals surface area contributed by atoms with Gasteiger partial charge in [0.2, 0.25) is 0 Å². The van der Waals surface area contributed by atoms with Gasteiger partial charge in [0, 0.05) is 0 Å². The molecule has 2 aromatic rings. The van der Waals surface area contributed by atoms with E-state index in [1.165, 1.54) is 51.8 Å². The van der Waals surface area contributed by atoms with E-state index >= 15 is 0 Å². The highest BCUT2D eigenvalue weighted by Gasteiger charge is 2.15. The predicted octanol–water partition coefficient (Wildman–Crippen LogP) is 5.55. The molecule has 102 valence electrons. The van der Waals surface area contributed by atoms with E-state index in [1.54, 1.807) is 5.56 Å². The van der Waals surface area contributed by atoms with Gasteiger partial charge < -0.3 is 0 Å². The van der Waals surface area contributed by atoms with Gasteiger partial charge in [-0.05, 0) is 85.0 Å². The molecule has 0 bridgehead atoms. The Kier molecular flexibility index (Phi) is 3.25. The Hall–Kier alpha value is -1.82. The third-order valence-corrected chi connectivity index (χ3v) is 4.71. The molecule has 0 aromatic heterocycles. The lowest BCUT2D eigenvalue weighted by atomic mass is 9.84. The van der Waals surface area contributed by atoms with Gasteiger partial charge in [0.15, 0.2) is 0 Å². The van der Waals surface area contributed by atoms with Crippen molar-refractivity contribution in [2.45, 2.75) is 40.5 Å². The van der Waals surface area contributed by atoms with Gasteiger partial charge in [-0.25, -0.2) is 0 Å². The second kappa shape index (κ2) is 4.94. The minimum absolute atomic E-state index is 1.17. The average Bonchev–Trinajstić information content (AvgIpc) is 2.46. The molecular formula is C20H22. The highest BCUT2D eigenvalue weighted by atomic mass is 14.2. The van der Waals surface area contributed by atoms with Crippen molar-refractivity contribution in [1.82, 2.24) is 0 Å². The lowest BCUT2D eigenvalue weighted by molar-refractivity contribution is 0.967. The van der Waals surface area contributed by atoms with E-state index in [2.05, 4.69) is 64.1 Å². The SMILES string of the molecule is Cc1cccc(-c2cc(C)c3c(c2C)CCC=C3)c1C. The van der Waals surface area contributed by atoms with Crippen molar-refractivity contribution in [3.05, 3.63) is 63.7 Å². The second-order valence-electron chi connectivity index (χ2n) is 5.95. The van der Waals surface area contributed by atoms with Crippen molar-refractivity contribution in [2.24, 2.45) is 0 Å². The molecule has 2 aromatic carbocycles. The number of hydrogen-bond acceptors (Lipinski definition) is 0. The predicted molar refractivity (Wildman–Crippen MR) is 88.2 cm³/mol. The molecule has 0 heterocycles. The number of hydrogen-bond donors (Lipinski definition) is 0. The van der Waals surface area contributed by atoms with E-state index in [0.717, 1.165) is 0 Å². The van der Waals surface area contributed by atoms with Crippen LogP contribution in [0, 0.1) is 27.7 Å². The largest absolute Gasteiger partial charge is 0.0836 e. The minimum atomic E-state index is 1.17. The Morgan fingerprint density at radius 3 is 2.45 bits per heavy atom. The first-order chi connectivity index (χ1) is 9.59. The zero-order valence-electron chi connectivity index (χ0n) is 12.9. The van der Waals surface area contributed by atoms with E-state index in [1.807, 2.05) is 0 Å². The van der Waals surface area contributed by atoms with Gasteiger partial charge in [-0.3, -0.25) is 0 Å². The normalized spacial score (nSPS) is 13.4. The Bertz CT molecular complexity index is 702. The van der Waals surface area contributed by atoms with Crippen LogP contribution in [0.15, 0.2) is 30.3 Å². The van der Waals surface area contributed by atoms with Crippen LogP contribution in [0.4, 0.5) is 0 Å². The van der Waals surface area contributed by atoms with Crippen LogP contribution in [0.25, 0.3) is 17.2 Å². The van der Waals surface area contributed by atoms with Gasteiger partial charge in [-0.2, -0.15) is 0 Å². The number of aryl methyl sites for hydroxylation is 2. The maximum atomic E-state index is 2.37. The summed E-state index contributed by atoms with van der Waals surface area (Å²) in [5.41, 5.74) is 11.4. The fourth-order valence-electron chi connectivity index (χ4n) is 3.31. The summed E-state index contributed by atoms with van der Waals surface area (Å²) in [6.45, 7) is 8.96. The average molecular weight is 262 g/mol. The summed E-state index contributed by atoms with van der Waals surface area (Å²) in [5.74, 6) is 0. The molecule has 0 radical (unpaired) electrons. The molecule has 0 heteroatoms.